The Balaban J connectivity index is 4.01. The minimum Gasteiger partial charge on any atom is -0.381 e. The van der Waals surface area contributed by atoms with Crippen molar-refractivity contribution >= 4 is 5.78 Å². The van der Waals surface area contributed by atoms with Crippen LogP contribution in [-0.4, -0.2) is 17.0 Å². The summed E-state index contributed by atoms with van der Waals surface area (Å²) < 4.78 is 0. The van der Waals surface area contributed by atoms with Crippen LogP contribution >= 0.6 is 0 Å². The Kier molecular flexibility index (Phi) is 6.13. The van der Waals surface area contributed by atoms with Crippen LogP contribution in [0.2, 0.25) is 0 Å². The first-order valence-corrected chi connectivity index (χ1v) is 4.92. The molecular weight excluding hydrogens is 176 g/mol. The number of hydrogen-bond donors (Lipinski definition) is 1. The normalized spacial score (nSPS) is 13.6. The van der Waals surface area contributed by atoms with Crippen molar-refractivity contribution < 1.29 is 9.90 Å². The molecule has 0 radical (unpaired) electrons. The number of ketones is 1. The molecule has 0 aliphatic heterocycles. The fraction of sp³-hybridized carbons (Fsp3) is 0.583. The molecule has 2 heteroatoms. The van der Waals surface area contributed by atoms with Gasteiger partial charge in [0.05, 0.1) is 0 Å². The van der Waals surface area contributed by atoms with Crippen LogP contribution in [0.5, 0.6) is 0 Å². The maximum atomic E-state index is 10.8. The zero-order valence-corrected chi connectivity index (χ0v) is 9.50. The standard InChI is InChI=1S/C12H20O2/c1-9(2)6-5-7-10(3)8-12(14)11(4)13/h6,8,12,14H,5,7H2,1-4H3/b10-8+. The van der Waals surface area contributed by atoms with Crippen molar-refractivity contribution in [3.63, 3.8) is 0 Å². The summed E-state index contributed by atoms with van der Waals surface area (Å²) in [6.07, 6.45) is 4.71. The van der Waals surface area contributed by atoms with Gasteiger partial charge >= 0.3 is 0 Å². The number of carbonyl (C=O) groups excluding carboxylic acids is 1. The van der Waals surface area contributed by atoms with E-state index in [1.165, 1.54) is 12.5 Å². The summed E-state index contributed by atoms with van der Waals surface area (Å²) in [6.45, 7) is 7.45. The van der Waals surface area contributed by atoms with E-state index in [1.807, 2.05) is 6.92 Å². The fourth-order valence-electron chi connectivity index (χ4n) is 1.06. The summed E-state index contributed by atoms with van der Waals surface area (Å²) in [7, 11) is 0. The van der Waals surface area contributed by atoms with E-state index in [0.717, 1.165) is 18.4 Å². The Morgan fingerprint density at radius 1 is 1.29 bits per heavy atom. The highest BCUT2D eigenvalue weighted by Gasteiger charge is 2.05. The minimum absolute atomic E-state index is 0.202. The van der Waals surface area contributed by atoms with Crippen LogP contribution in [0.3, 0.4) is 0 Å². The van der Waals surface area contributed by atoms with Crippen molar-refractivity contribution in [1.82, 2.24) is 0 Å². The van der Waals surface area contributed by atoms with Gasteiger partial charge in [-0.1, -0.05) is 17.2 Å². The van der Waals surface area contributed by atoms with Crippen LogP contribution in [0.15, 0.2) is 23.3 Å². The lowest BCUT2D eigenvalue weighted by Gasteiger charge is -2.03. The average molecular weight is 196 g/mol. The third-order valence-corrected chi connectivity index (χ3v) is 1.95. The number of aliphatic hydroxyl groups is 1. The number of rotatable bonds is 5. The highest BCUT2D eigenvalue weighted by Crippen LogP contribution is 2.07. The molecule has 1 N–H and O–H groups in total. The highest BCUT2D eigenvalue weighted by atomic mass is 16.3. The maximum absolute atomic E-state index is 10.8. The minimum atomic E-state index is -0.929. The average Bonchev–Trinajstić information content (AvgIpc) is 2.02. The van der Waals surface area contributed by atoms with Crippen molar-refractivity contribution in [3.8, 4) is 0 Å². The van der Waals surface area contributed by atoms with Gasteiger partial charge < -0.3 is 5.11 Å². The van der Waals surface area contributed by atoms with E-state index in [0.29, 0.717) is 0 Å². The molecule has 0 amide bonds. The van der Waals surface area contributed by atoms with Crippen molar-refractivity contribution in [2.75, 3.05) is 0 Å². The fourth-order valence-corrected chi connectivity index (χ4v) is 1.06. The van der Waals surface area contributed by atoms with E-state index in [9.17, 15) is 9.90 Å². The second-order valence-electron chi connectivity index (χ2n) is 3.89. The van der Waals surface area contributed by atoms with E-state index in [1.54, 1.807) is 6.08 Å². The lowest BCUT2D eigenvalue weighted by molar-refractivity contribution is -0.122. The molecule has 14 heavy (non-hydrogen) atoms. The molecule has 0 aromatic rings. The molecule has 0 rings (SSSR count). The quantitative estimate of drug-likeness (QED) is 0.686. The van der Waals surface area contributed by atoms with Crippen LogP contribution in [0, 0.1) is 0 Å². The predicted octanol–water partition coefficient (Wildman–Crippen LogP) is 2.63. The Labute approximate surface area is 86.3 Å². The van der Waals surface area contributed by atoms with E-state index < -0.39 is 6.10 Å². The maximum Gasteiger partial charge on any atom is 0.162 e. The van der Waals surface area contributed by atoms with Gasteiger partial charge in [-0.25, -0.2) is 0 Å². The molecule has 0 heterocycles. The molecule has 1 unspecified atom stereocenters. The molecule has 0 bridgehead atoms. The number of hydrogen-bond acceptors (Lipinski definition) is 2. The third-order valence-electron chi connectivity index (χ3n) is 1.95. The largest absolute Gasteiger partial charge is 0.381 e. The summed E-state index contributed by atoms with van der Waals surface area (Å²) in [5.74, 6) is -0.202. The van der Waals surface area contributed by atoms with Gasteiger partial charge in [0, 0.05) is 0 Å². The molecular formula is C12H20O2. The number of aliphatic hydroxyl groups excluding tert-OH is 1. The first-order chi connectivity index (χ1) is 6.43. The second-order valence-corrected chi connectivity index (χ2v) is 3.89. The molecule has 0 aliphatic rings. The number of Topliss-reactive ketones (excluding diaryl/α,β-unsaturated/α-hetero) is 1. The summed E-state index contributed by atoms with van der Waals surface area (Å²) in [5.41, 5.74) is 2.36. The van der Waals surface area contributed by atoms with Gasteiger partial charge in [-0.05, 0) is 46.6 Å². The van der Waals surface area contributed by atoms with Crippen LogP contribution in [0.4, 0.5) is 0 Å². The lowest BCUT2D eigenvalue weighted by atomic mass is 10.1. The van der Waals surface area contributed by atoms with Gasteiger partial charge in [-0.3, -0.25) is 4.79 Å². The Morgan fingerprint density at radius 3 is 2.29 bits per heavy atom. The molecule has 0 aromatic carbocycles. The summed E-state index contributed by atoms with van der Waals surface area (Å²) in [5, 5.41) is 9.26. The summed E-state index contributed by atoms with van der Waals surface area (Å²) in [4.78, 5) is 10.8. The highest BCUT2D eigenvalue weighted by molar-refractivity contribution is 5.82. The first-order valence-electron chi connectivity index (χ1n) is 4.92. The second kappa shape index (κ2) is 6.55. The van der Waals surface area contributed by atoms with Crippen LogP contribution < -0.4 is 0 Å². The van der Waals surface area contributed by atoms with Gasteiger partial charge in [0.1, 0.15) is 6.10 Å². The zero-order valence-electron chi connectivity index (χ0n) is 9.50. The van der Waals surface area contributed by atoms with Gasteiger partial charge in [-0.2, -0.15) is 0 Å². The summed E-state index contributed by atoms with van der Waals surface area (Å²) in [6, 6.07) is 0. The molecule has 0 saturated carbocycles. The zero-order chi connectivity index (χ0) is 11.1. The van der Waals surface area contributed by atoms with E-state index in [4.69, 9.17) is 0 Å². The molecule has 2 nitrogen and oxygen atoms in total. The molecule has 80 valence electrons. The summed E-state index contributed by atoms with van der Waals surface area (Å²) >= 11 is 0. The van der Waals surface area contributed by atoms with E-state index in [2.05, 4.69) is 19.9 Å². The van der Waals surface area contributed by atoms with Crippen molar-refractivity contribution in [2.45, 2.75) is 46.6 Å². The van der Waals surface area contributed by atoms with Crippen LogP contribution in [0.25, 0.3) is 0 Å². The monoisotopic (exact) mass is 196 g/mol. The Bertz CT molecular complexity index is 245. The molecule has 0 saturated heterocycles. The van der Waals surface area contributed by atoms with Crippen LogP contribution in [-0.2, 0) is 4.79 Å². The Hall–Kier alpha value is -0.890. The topological polar surface area (TPSA) is 37.3 Å². The Morgan fingerprint density at radius 2 is 1.86 bits per heavy atom. The smallest absolute Gasteiger partial charge is 0.162 e. The number of carbonyl (C=O) groups is 1. The third kappa shape index (κ3) is 6.61. The molecule has 0 aliphatic carbocycles. The van der Waals surface area contributed by atoms with Crippen molar-refractivity contribution in [2.24, 2.45) is 0 Å². The lowest BCUT2D eigenvalue weighted by Crippen LogP contribution is -2.13. The molecule has 1 atom stereocenters. The van der Waals surface area contributed by atoms with E-state index in [-0.39, 0.29) is 5.78 Å². The SMILES string of the molecule is CC(=O)C(O)/C=C(\C)CCC=C(C)C. The van der Waals surface area contributed by atoms with Gasteiger partial charge in [-0.15, -0.1) is 0 Å². The molecule has 0 aromatic heterocycles. The van der Waals surface area contributed by atoms with Crippen LogP contribution in [0.1, 0.15) is 40.5 Å². The van der Waals surface area contributed by atoms with Crippen molar-refractivity contribution in [1.29, 1.82) is 0 Å². The van der Waals surface area contributed by atoms with Gasteiger partial charge in [0.25, 0.3) is 0 Å². The van der Waals surface area contributed by atoms with E-state index >= 15 is 0 Å². The molecule has 0 fully saturated rings. The number of allylic oxidation sites excluding steroid dienone is 3. The van der Waals surface area contributed by atoms with Gasteiger partial charge in [0.15, 0.2) is 5.78 Å². The van der Waals surface area contributed by atoms with Gasteiger partial charge in [0.2, 0.25) is 0 Å². The van der Waals surface area contributed by atoms with Crippen molar-refractivity contribution in [3.05, 3.63) is 23.3 Å². The predicted molar refractivity (Wildman–Crippen MR) is 59.1 cm³/mol. The molecule has 0 spiro atoms. The first kappa shape index (κ1) is 13.1.